The van der Waals surface area contributed by atoms with Crippen molar-refractivity contribution in [3.8, 4) is 0 Å². The number of rotatable bonds is 5. The van der Waals surface area contributed by atoms with Crippen molar-refractivity contribution in [3.63, 3.8) is 0 Å². The van der Waals surface area contributed by atoms with Crippen LogP contribution in [-0.2, 0) is 6.54 Å². The van der Waals surface area contributed by atoms with E-state index >= 15 is 0 Å². The highest BCUT2D eigenvalue weighted by atomic mass is 19.1. The average molecular weight is 273 g/mol. The summed E-state index contributed by atoms with van der Waals surface area (Å²) < 4.78 is 13.2. The molecule has 1 heterocycles. The molecule has 1 aromatic carbocycles. The molecule has 20 heavy (non-hydrogen) atoms. The van der Waals surface area contributed by atoms with E-state index < -0.39 is 0 Å². The van der Waals surface area contributed by atoms with E-state index in [9.17, 15) is 4.39 Å². The molecule has 4 heteroatoms. The van der Waals surface area contributed by atoms with Gasteiger partial charge in [-0.05, 0) is 36.2 Å². The van der Waals surface area contributed by atoms with Crippen molar-refractivity contribution < 1.29 is 4.39 Å². The Bertz CT molecular complexity index is 554. The number of hydrogen-bond acceptors (Lipinski definition) is 3. The monoisotopic (exact) mass is 273 g/mol. The molecule has 0 amide bonds. The quantitative estimate of drug-likeness (QED) is 0.909. The zero-order valence-corrected chi connectivity index (χ0v) is 11.9. The lowest BCUT2D eigenvalue weighted by atomic mass is 10.1. The van der Waals surface area contributed by atoms with Gasteiger partial charge in [0.2, 0.25) is 0 Å². The van der Waals surface area contributed by atoms with Crippen LogP contribution in [0.1, 0.15) is 30.6 Å². The number of benzene rings is 1. The summed E-state index contributed by atoms with van der Waals surface area (Å²) in [6.45, 7) is 2.68. The number of aromatic nitrogens is 1. The molecule has 106 valence electrons. The van der Waals surface area contributed by atoms with Gasteiger partial charge in [-0.15, -0.1) is 0 Å². The van der Waals surface area contributed by atoms with Crippen LogP contribution in [0, 0.1) is 5.82 Å². The molecule has 0 bridgehead atoms. The summed E-state index contributed by atoms with van der Waals surface area (Å²) in [7, 11) is 1.96. The Morgan fingerprint density at radius 1 is 1.30 bits per heavy atom. The highest BCUT2D eigenvalue weighted by Gasteiger charge is 2.07. The molecule has 0 fully saturated rings. The first-order valence-electron chi connectivity index (χ1n) is 6.77. The van der Waals surface area contributed by atoms with Crippen LogP contribution in [0.5, 0.6) is 0 Å². The third-order valence-electron chi connectivity index (χ3n) is 3.34. The SMILES string of the molecule is CC[C@H](N)c1ccc(N(C)Cc2cccc(F)c2)cn1. The van der Waals surface area contributed by atoms with Crippen molar-refractivity contribution in [2.45, 2.75) is 25.9 Å². The molecule has 0 aliphatic rings. The summed E-state index contributed by atoms with van der Waals surface area (Å²) in [6, 6.07) is 10.6. The molecule has 0 aliphatic carbocycles. The van der Waals surface area contributed by atoms with Crippen LogP contribution in [0.3, 0.4) is 0 Å². The number of pyridine rings is 1. The lowest BCUT2D eigenvalue weighted by molar-refractivity contribution is 0.625. The van der Waals surface area contributed by atoms with E-state index in [-0.39, 0.29) is 11.9 Å². The second kappa shape index (κ2) is 6.48. The second-order valence-corrected chi connectivity index (χ2v) is 4.94. The molecule has 2 aromatic rings. The molecule has 0 saturated carbocycles. The normalized spacial score (nSPS) is 12.2. The summed E-state index contributed by atoms with van der Waals surface area (Å²) in [5.41, 5.74) is 8.76. The Hall–Kier alpha value is -1.94. The molecule has 1 aromatic heterocycles. The molecular formula is C16H20FN3. The summed E-state index contributed by atoms with van der Waals surface area (Å²) >= 11 is 0. The summed E-state index contributed by atoms with van der Waals surface area (Å²) in [4.78, 5) is 6.42. The number of nitrogens with two attached hydrogens (primary N) is 1. The minimum Gasteiger partial charge on any atom is -0.369 e. The van der Waals surface area contributed by atoms with Crippen LogP contribution in [0.2, 0.25) is 0 Å². The van der Waals surface area contributed by atoms with E-state index in [0.29, 0.717) is 6.54 Å². The van der Waals surface area contributed by atoms with E-state index in [1.165, 1.54) is 6.07 Å². The van der Waals surface area contributed by atoms with E-state index in [4.69, 9.17) is 5.73 Å². The van der Waals surface area contributed by atoms with Gasteiger partial charge in [0.1, 0.15) is 5.82 Å². The van der Waals surface area contributed by atoms with Gasteiger partial charge in [0.05, 0.1) is 17.6 Å². The maximum Gasteiger partial charge on any atom is 0.123 e. The average Bonchev–Trinajstić information content (AvgIpc) is 2.46. The van der Waals surface area contributed by atoms with E-state index in [0.717, 1.165) is 23.4 Å². The van der Waals surface area contributed by atoms with Crippen molar-refractivity contribution >= 4 is 5.69 Å². The molecule has 0 spiro atoms. The van der Waals surface area contributed by atoms with Crippen LogP contribution < -0.4 is 10.6 Å². The largest absolute Gasteiger partial charge is 0.369 e. The molecule has 3 nitrogen and oxygen atoms in total. The Labute approximate surface area is 119 Å². The molecule has 2 N–H and O–H groups in total. The van der Waals surface area contributed by atoms with E-state index in [1.54, 1.807) is 12.1 Å². The van der Waals surface area contributed by atoms with Gasteiger partial charge in [-0.1, -0.05) is 19.1 Å². The maximum atomic E-state index is 13.2. The number of anilines is 1. The molecular weight excluding hydrogens is 253 g/mol. The predicted molar refractivity (Wildman–Crippen MR) is 80.0 cm³/mol. The third kappa shape index (κ3) is 3.54. The van der Waals surface area contributed by atoms with Crippen molar-refractivity contribution in [3.05, 3.63) is 59.7 Å². The van der Waals surface area contributed by atoms with Crippen LogP contribution in [0.15, 0.2) is 42.6 Å². The zero-order valence-electron chi connectivity index (χ0n) is 11.9. The molecule has 0 saturated heterocycles. The van der Waals surface area contributed by atoms with Gasteiger partial charge >= 0.3 is 0 Å². The minimum atomic E-state index is -0.210. The number of hydrogen-bond donors (Lipinski definition) is 1. The van der Waals surface area contributed by atoms with Crippen LogP contribution in [0.25, 0.3) is 0 Å². The van der Waals surface area contributed by atoms with E-state index in [2.05, 4.69) is 4.98 Å². The molecule has 0 aliphatic heterocycles. The first kappa shape index (κ1) is 14.5. The Kier molecular flexibility index (Phi) is 4.69. The summed E-state index contributed by atoms with van der Waals surface area (Å²) in [5.74, 6) is -0.210. The van der Waals surface area contributed by atoms with Crippen LogP contribution in [0.4, 0.5) is 10.1 Å². The smallest absolute Gasteiger partial charge is 0.123 e. The maximum absolute atomic E-state index is 13.2. The first-order chi connectivity index (χ1) is 9.60. The van der Waals surface area contributed by atoms with Crippen LogP contribution in [-0.4, -0.2) is 12.0 Å². The first-order valence-corrected chi connectivity index (χ1v) is 6.77. The van der Waals surface area contributed by atoms with Gasteiger partial charge in [-0.25, -0.2) is 4.39 Å². The summed E-state index contributed by atoms with van der Waals surface area (Å²) in [5, 5.41) is 0. The summed E-state index contributed by atoms with van der Waals surface area (Å²) in [6.07, 6.45) is 2.68. The standard InChI is InChI=1S/C16H20FN3/c1-3-15(18)16-8-7-14(10-19-16)20(2)11-12-5-4-6-13(17)9-12/h4-10,15H,3,11,18H2,1-2H3/t15-/m0/s1. The zero-order chi connectivity index (χ0) is 14.5. The Balaban J connectivity index is 2.07. The molecule has 0 unspecified atom stereocenters. The van der Waals surface area contributed by atoms with Gasteiger partial charge in [0.15, 0.2) is 0 Å². The lowest BCUT2D eigenvalue weighted by Gasteiger charge is -2.20. The lowest BCUT2D eigenvalue weighted by Crippen LogP contribution is -2.17. The van der Waals surface area contributed by atoms with Crippen LogP contribution >= 0.6 is 0 Å². The highest BCUT2D eigenvalue weighted by Crippen LogP contribution is 2.18. The van der Waals surface area contributed by atoms with Crippen molar-refractivity contribution in [1.29, 1.82) is 0 Å². The van der Waals surface area contributed by atoms with Gasteiger partial charge in [0, 0.05) is 19.6 Å². The third-order valence-corrected chi connectivity index (χ3v) is 3.34. The van der Waals surface area contributed by atoms with Gasteiger partial charge < -0.3 is 10.6 Å². The minimum absolute atomic E-state index is 0.0161. The fourth-order valence-corrected chi connectivity index (χ4v) is 2.05. The second-order valence-electron chi connectivity index (χ2n) is 4.94. The predicted octanol–water partition coefficient (Wildman–Crippen LogP) is 3.27. The fraction of sp³-hybridized carbons (Fsp3) is 0.312. The highest BCUT2D eigenvalue weighted by molar-refractivity contribution is 5.44. The molecule has 2 rings (SSSR count). The van der Waals surface area contributed by atoms with Gasteiger partial charge in [-0.3, -0.25) is 4.98 Å². The number of halogens is 1. The molecule has 1 atom stereocenters. The Morgan fingerprint density at radius 3 is 2.70 bits per heavy atom. The Morgan fingerprint density at radius 2 is 2.10 bits per heavy atom. The van der Waals surface area contributed by atoms with Crippen molar-refractivity contribution in [2.24, 2.45) is 5.73 Å². The van der Waals surface area contributed by atoms with Crippen molar-refractivity contribution in [1.82, 2.24) is 4.98 Å². The number of nitrogens with zero attached hydrogens (tertiary/aromatic N) is 2. The van der Waals surface area contributed by atoms with Crippen molar-refractivity contribution in [2.75, 3.05) is 11.9 Å². The topological polar surface area (TPSA) is 42.1 Å². The van der Waals surface area contributed by atoms with Gasteiger partial charge in [0.25, 0.3) is 0 Å². The fourth-order valence-electron chi connectivity index (χ4n) is 2.05. The van der Waals surface area contributed by atoms with Gasteiger partial charge in [-0.2, -0.15) is 0 Å². The molecule has 0 radical (unpaired) electrons. The van der Waals surface area contributed by atoms with E-state index in [1.807, 2.05) is 43.3 Å².